The minimum Gasteiger partial charge on any atom is -0.292 e. The topological polar surface area (TPSA) is 34.9 Å². The van der Waals surface area contributed by atoms with Crippen molar-refractivity contribution in [3.63, 3.8) is 0 Å². The lowest BCUT2D eigenvalue weighted by atomic mass is 9.95. The molecule has 1 aliphatic heterocycles. The number of fused-ring (bicyclic) bond motifs is 1. The molecule has 1 aliphatic rings. The molecule has 3 nitrogen and oxygen atoms in total. The maximum Gasteiger partial charge on any atom is 0.189 e. The van der Waals surface area contributed by atoms with Gasteiger partial charge in [-0.1, -0.05) is 25.1 Å². The molecule has 0 N–H and O–H groups in total. The molecule has 0 fully saturated rings. The highest BCUT2D eigenvalue weighted by molar-refractivity contribution is 7.99. The first kappa shape index (κ1) is 12.5. The van der Waals surface area contributed by atoms with E-state index in [1.165, 1.54) is 10.5 Å². The number of carbonyl (C=O) groups is 1. The highest BCUT2D eigenvalue weighted by Gasteiger charge is 2.31. The molecule has 0 saturated carbocycles. The molecule has 1 atom stereocenters. The lowest BCUT2D eigenvalue weighted by molar-refractivity contribution is 0.0957. The van der Waals surface area contributed by atoms with Crippen LogP contribution in [-0.4, -0.2) is 21.3 Å². The lowest BCUT2D eigenvalue weighted by Crippen LogP contribution is -2.17. The predicted molar refractivity (Wildman–Crippen MR) is 76.8 cm³/mol. The first-order valence-corrected chi connectivity index (χ1v) is 7.57. The Hall–Kier alpha value is -1.55. The van der Waals surface area contributed by atoms with Gasteiger partial charge in [-0.15, -0.1) is 11.8 Å². The van der Waals surface area contributed by atoms with Crippen LogP contribution in [0.15, 0.2) is 41.4 Å². The van der Waals surface area contributed by atoms with E-state index in [0.717, 1.165) is 24.4 Å². The first-order valence-electron chi connectivity index (χ1n) is 6.59. The van der Waals surface area contributed by atoms with Crippen molar-refractivity contribution in [1.82, 2.24) is 9.78 Å². The van der Waals surface area contributed by atoms with Gasteiger partial charge in [-0.05, 0) is 24.1 Å². The van der Waals surface area contributed by atoms with Crippen LogP contribution in [0.1, 0.15) is 35.3 Å². The predicted octanol–water partition coefficient (Wildman–Crippen LogP) is 3.37. The van der Waals surface area contributed by atoms with Gasteiger partial charge in [0.15, 0.2) is 5.78 Å². The van der Waals surface area contributed by atoms with Gasteiger partial charge < -0.3 is 0 Å². The van der Waals surface area contributed by atoms with Crippen LogP contribution in [-0.2, 0) is 6.54 Å². The van der Waals surface area contributed by atoms with Crippen LogP contribution < -0.4 is 0 Å². The molecule has 19 heavy (non-hydrogen) atoms. The van der Waals surface area contributed by atoms with E-state index in [9.17, 15) is 4.79 Å². The molecular weight excluding hydrogens is 256 g/mol. The molecule has 2 aromatic rings. The zero-order valence-corrected chi connectivity index (χ0v) is 11.7. The van der Waals surface area contributed by atoms with Crippen molar-refractivity contribution in [2.24, 2.45) is 0 Å². The van der Waals surface area contributed by atoms with E-state index in [4.69, 9.17) is 0 Å². The maximum absolute atomic E-state index is 12.7. The molecule has 0 saturated heterocycles. The van der Waals surface area contributed by atoms with Crippen LogP contribution in [0.4, 0.5) is 0 Å². The highest BCUT2D eigenvalue weighted by Crippen LogP contribution is 2.40. The van der Waals surface area contributed by atoms with Gasteiger partial charge in [0.25, 0.3) is 0 Å². The van der Waals surface area contributed by atoms with E-state index in [-0.39, 0.29) is 11.7 Å². The molecule has 0 radical (unpaired) electrons. The van der Waals surface area contributed by atoms with Crippen molar-refractivity contribution in [1.29, 1.82) is 0 Å². The molecular formula is C15H16N2OS. The molecule has 0 amide bonds. The number of hydrogen-bond donors (Lipinski definition) is 0. The van der Waals surface area contributed by atoms with Crippen molar-refractivity contribution < 1.29 is 4.79 Å². The summed E-state index contributed by atoms with van der Waals surface area (Å²) < 4.78 is 1.83. The Morgan fingerprint density at radius 3 is 3.11 bits per heavy atom. The summed E-state index contributed by atoms with van der Waals surface area (Å²) in [7, 11) is 0. The van der Waals surface area contributed by atoms with E-state index in [2.05, 4.69) is 24.2 Å². The Balaban J connectivity index is 1.91. The van der Waals surface area contributed by atoms with Gasteiger partial charge in [0.2, 0.25) is 0 Å². The molecule has 3 rings (SSSR count). The summed E-state index contributed by atoms with van der Waals surface area (Å²) >= 11 is 1.77. The third-order valence-electron chi connectivity index (χ3n) is 3.42. The van der Waals surface area contributed by atoms with Crippen LogP contribution in [0.5, 0.6) is 0 Å². The van der Waals surface area contributed by atoms with Gasteiger partial charge in [-0.3, -0.25) is 9.48 Å². The molecule has 4 heteroatoms. The van der Waals surface area contributed by atoms with E-state index < -0.39 is 0 Å². The monoisotopic (exact) mass is 272 g/mol. The zero-order valence-electron chi connectivity index (χ0n) is 10.9. The summed E-state index contributed by atoms with van der Waals surface area (Å²) in [5.74, 6) is 1.02. The van der Waals surface area contributed by atoms with Crippen LogP contribution in [0, 0.1) is 0 Å². The van der Waals surface area contributed by atoms with Crippen molar-refractivity contribution in [3.05, 3.63) is 47.8 Å². The Kier molecular flexibility index (Phi) is 3.42. The van der Waals surface area contributed by atoms with Crippen molar-refractivity contribution in [2.45, 2.75) is 30.7 Å². The average Bonchev–Trinajstić information content (AvgIpc) is 3.04. The second kappa shape index (κ2) is 5.21. The maximum atomic E-state index is 12.7. The minimum absolute atomic E-state index is 0.0199. The average molecular weight is 272 g/mol. The number of hydrogen-bond acceptors (Lipinski definition) is 3. The summed E-state index contributed by atoms with van der Waals surface area (Å²) in [6.07, 6.45) is 2.70. The lowest BCUT2D eigenvalue weighted by Gasteiger charge is -2.11. The van der Waals surface area contributed by atoms with Crippen LogP contribution >= 0.6 is 11.8 Å². The highest BCUT2D eigenvalue weighted by atomic mass is 32.2. The molecule has 1 aromatic heterocycles. The van der Waals surface area contributed by atoms with Gasteiger partial charge in [-0.25, -0.2) is 0 Å². The van der Waals surface area contributed by atoms with Gasteiger partial charge in [-0.2, -0.15) is 5.10 Å². The second-order valence-corrected chi connectivity index (χ2v) is 5.77. The van der Waals surface area contributed by atoms with E-state index in [0.29, 0.717) is 0 Å². The third kappa shape index (κ3) is 2.21. The molecule has 2 heterocycles. The number of ketones is 1. The van der Waals surface area contributed by atoms with Crippen LogP contribution in [0.2, 0.25) is 0 Å². The normalized spacial score (nSPS) is 17.4. The van der Waals surface area contributed by atoms with Gasteiger partial charge >= 0.3 is 0 Å². The van der Waals surface area contributed by atoms with Crippen molar-refractivity contribution in [2.75, 3.05) is 5.75 Å². The molecule has 1 unspecified atom stereocenters. The molecule has 98 valence electrons. The number of benzene rings is 1. The van der Waals surface area contributed by atoms with E-state index in [1.54, 1.807) is 18.0 Å². The summed E-state index contributed by atoms with van der Waals surface area (Å²) in [6, 6.07) is 10.0. The SMILES string of the molecule is CCCn1nccc1C(=O)C1CSc2ccccc21. The number of nitrogens with zero attached hydrogens (tertiary/aromatic N) is 2. The van der Waals surface area contributed by atoms with E-state index in [1.807, 2.05) is 22.9 Å². The Morgan fingerprint density at radius 2 is 2.26 bits per heavy atom. The number of Topliss-reactive ketones (excluding diaryl/α,β-unsaturated/α-hetero) is 1. The third-order valence-corrected chi connectivity index (χ3v) is 4.60. The summed E-state index contributed by atoms with van der Waals surface area (Å²) in [5.41, 5.74) is 1.91. The molecule has 0 spiro atoms. The Bertz CT molecular complexity index is 606. The first-order chi connectivity index (χ1) is 9.31. The number of aryl methyl sites for hydroxylation is 1. The fourth-order valence-electron chi connectivity index (χ4n) is 2.49. The fraction of sp³-hybridized carbons (Fsp3) is 0.333. The second-order valence-electron chi connectivity index (χ2n) is 4.71. The summed E-state index contributed by atoms with van der Waals surface area (Å²) in [4.78, 5) is 13.9. The molecule has 1 aromatic carbocycles. The standard InChI is InChI=1S/C15H16N2OS/c1-2-9-17-13(7-8-16-17)15(18)12-10-19-14-6-4-3-5-11(12)14/h3-8,12H,2,9-10H2,1H3. The fourth-order valence-corrected chi connectivity index (χ4v) is 3.72. The minimum atomic E-state index is -0.0199. The summed E-state index contributed by atoms with van der Waals surface area (Å²) in [5, 5.41) is 4.24. The quantitative estimate of drug-likeness (QED) is 0.800. The van der Waals surface area contributed by atoms with Gasteiger partial charge in [0, 0.05) is 23.4 Å². The Labute approximate surface area is 117 Å². The van der Waals surface area contributed by atoms with Crippen molar-refractivity contribution >= 4 is 17.5 Å². The van der Waals surface area contributed by atoms with Gasteiger partial charge in [0.1, 0.15) is 5.69 Å². The van der Waals surface area contributed by atoms with Gasteiger partial charge in [0.05, 0.1) is 5.92 Å². The molecule has 0 bridgehead atoms. The van der Waals surface area contributed by atoms with Crippen molar-refractivity contribution in [3.8, 4) is 0 Å². The largest absolute Gasteiger partial charge is 0.292 e. The Morgan fingerprint density at radius 1 is 1.42 bits per heavy atom. The number of carbonyl (C=O) groups excluding carboxylic acids is 1. The number of aromatic nitrogens is 2. The van der Waals surface area contributed by atoms with Crippen LogP contribution in [0.25, 0.3) is 0 Å². The van der Waals surface area contributed by atoms with Crippen LogP contribution in [0.3, 0.4) is 0 Å². The van der Waals surface area contributed by atoms with E-state index >= 15 is 0 Å². The number of thioether (sulfide) groups is 1. The molecule has 0 aliphatic carbocycles. The summed E-state index contributed by atoms with van der Waals surface area (Å²) in [6.45, 7) is 2.90. The smallest absolute Gasteiger partial charge is 0.189 e. The number of rotatable bonds is 4. The zero-order chi connectivity index (χ0) is 13.2.